The van der Waals surface area contributed by atoms with Gasteiger partial charge in [0.2, 0.25) is 0 Å². The van der Waals surface area contributed by atoms with Gasteiger partial charge in [0.15, 0.2) is 0 Å². The molecule has 1 atom stereocenters. The predicted molar refractivity (Wildman–Crippen MR) is 85.9 cm³/mol. The lowest BCUT2D eigenvalue weighted by Gasteiger charge is -2.16. The maximum Gasteiger partial charge on any atom is 0.0970 e. The molecule has 20 heavy (non-hydrogen) atoms. The summed E-state index contributed by atoms with van der Waals surface area (Å²) in [5, 5.41) is 4.40. The number of rotatable bonds is 5. The number of thioether (sulfide) groups is 1. The van der Waals surface area contributed by atoms with E-state index in [-0.39, 0.29) is 6.04 Å². The Bertz CT molecular complexity index is 552. The van der Waals surface area contributed by atoms with Crippen LogP contribution in [0.3, 0.4) is 0 Å². The summed E-state index contributed by atoms with van der Waals surface area (Å²) in [6.07, 6.45) is 4.12. The SMILES string of the molecule is CCCn1nccc1C(NN)c1cc2c(s1)CCSC2. The number of nitrogens with one attached hydrogen (secondary N) is 1. The molecule has 1 unspecified atom stereocenters. The molecule has 1 aliphatic heterocycles. The number of nitrogens with two attached hydrogens (primary N) is 1. The Morgan fingerprint density at radius 3 is 3.20 bits per heavy atom. The minimum atomic E-state index is 0.0460. The average Bonchev–Trinajstić information content (AvgIpc) is 3.07. The molecule has 3 heterocycles. The zero-order valence-electron chi connectivity index (χ0n) is 11.6. The highest BCUT2D eigenvalue weighted by molar-refractivity contribution is 7.98. The van der Waals surface area contributed by atoms with Gasteiger partial charge in [-0.3, -0.25) is 10.5 Å². The third-order valence-corrected chi connectivity index (χ3v) is 5.89. The maximum absolute atomic E-state index is 5.83. The summed E-state index contributed by atoms with van der Waals surface area (Å²) in [6.45, 7) is 3.10. The number of aromatic nitrogens is 2. The average molecular weight is 308 g/mol. The van der Waals surface area contributed by atoms with Gasteiger partial charge in [0.25, 0.3) is 0 Å². The summed E-state index contributed by atoms with van der Waals surface area (Å²) in [5.41, 5.74) is 5.61. The summed E-state index contributed by atoms with van der Waals surface area (Å²) < 4.78 is 2.05. The van der Waals surface area contributed by atoms with Crippen molar-refractivity contribution in [2.45, 2.75) is 38.1 Å². The van der Waals surface area contributed by atoms with Gasteiger partial charge in [-0.2, -0.15) is 16.9 Å². The van der Waals surface area contributed by atoms with Gasteiger partial charge in [-0.05, 0) is 36.3 Å². The van der Waals surface area contributed by atoms with Crippen molar-refractivity contribution in [2.24, 2.45) is 5.84 Å². The molecule has 0 saturated heterocycles. The second-order valence-electron chi connectivity index (χ2n) is 4.98. The van der Waals surface area contributed by atoms with Crippen molar-refractivity contribution in [1.82, 2.24) is 15.2 Å². The molecule has 0 bridgehead atoms. The van der Waals surface area contributed by atoms with Crippen molar-refractivity contribution < 1.29 is 0 Å². The van der Waals surface area contributed by atoms with Crippen molar-refractivity contribution in [1.29, 1.82) is 0 Å². The summed E-state index contributed by atoms with van der Waals surface area (Å²) in [5.74, 6) is 8.20. The van der Waals surface area contributed by atoms with Crippen molar-refractivity contribution in [3.63, 3.8) is 0 Å². The molecule has 6 heteroatoms. The molecule has 0 radical (unpaired) electrons. The smallest absolute Gasteiger partial charge is 0.0970 e. The Labute approximate surface area is 127 Å². The molecule has 0 aromatic carbocycles. The number of aryl methyl sites for hydroxylation is 2. The first-order chi connectivity index (χ1) is 9.83. The lowest BCUT2D eigenvalue weighted by atomic mass is 10.1. The summed E-state index contributed by atoms with van der Waals surface area (Å²) in [4.78, 5) is 2.83. The number of hydrogen-bond donors (Lipinski definition) is 2. The van der Waals surface area contributed by atoms with Crippen LogP contribution < -0.4 is 11.3 Å². The molecule has 2 aromatic heterocycles. The van der Waals surface area contributed by atoms with E-state index in [4.69, 9.17) is 5.84 Å². The highest BCUT2D eigenvalue weighted by Gasteiger charge is 2.22. The van der Waals surface area contributed by atoms with Crippen LogP contribution in [-0.2, 0) is 18.7 Å². The van der Waals surface area contributed by atoms with Crippen LogP contribution in [0.1, 0.15) is 40.4 Å². The number of fused-ring (bicyclic) bond motifs is 1. The van der Waals surface area contributed by atoms with Gasteiger partial charge in [0.1, 0.15) is 0 Å². The largest absolute Gasteiger partial charge is 0.270 e. The second kappa shape index (κ2) is 6.30. The van der Waals surface area contributed by atoms with Crippen LogP contribution in [0.2, 0.25) is 0 Å². The maximum atomic E-state index is 5.83. The third-order valence-electron chi connectivity index (χ3n) is 3.58. The molecule has 0 fully saturated rings. The summed E-state index contributed by atoms with van der Waals surface area (Å²) >= 11 is 3.91. The molecule has 3 rings (SSSR count). The van der Waals surface area contributed by atoms with Crippen LogP contribution in [0.4, 0.5) is 0 Å². The minimum absolute atomic E-state index is 0.0460. The monoisotopic (exact) mass is 308 g/mol. The minimum Gasteiger partial charge on any atom is -0.270 e. The molecule has 0 amide bonds. The highest BCUT2D eigenvalue weighted by atomic mass is 32.2. The first kappa shape index (κ1) is 14.1. The lowest BCUT2D eigenvalue weighted by Crippen LogP contribution is -2.30. The van der Waals surface area contributed by atoms with E-state index in [0.29, 0.717) is 0 Å². The van der Waals surface area contributed by atoms with Gasteiger partial charge in [-0.1, -0.05) is 6.92 Å². The molecule has 108 valence electrons. The van der Waals surface area contributed by atoms with E-state index in [1.165, 1.54) is 27.5 Å². The molecule has 4 nitrogen and oxygen atoms in total. The van der Waals surface area contributed by atoms with E-state index in [2.05, 4.69) is 34.3 Å². The molecule has 1 aliphatic rings. The van der Waals surface area contributed by atoms with Gasteiger partial charge in [0, 0.05) is 28.2 Å². The van der Waals surface area contributed by atoms with Crippen LogP contribution in [0, 0.1) is 0 Å². The Kier molecular flexibility index (Phi) is 4.45. The van der Waals surface area contributed by atoms with E-state index < -0.39 is 0 Å². The van der Waals surface area contributed by atoms with Crippen molar-refractivity contribution >= 4 is 23.1 Å². The van der Waals surface area contributed by atoms with Gasteiger partial charge in [0.05, 0.1) is 11.7 Å². The van der Waals surface area contributed by atoms with E-state index in [9.17, 15) is 0 Å². The van der Waals surface area contributed by atoms with Gasteiger partial charge in [-0.25, -0.2) is 5.43 Å². The van der Waals surface area contributed by atoms with E-state index in [1.54, 1.807) is 0 Å². The van der Waals surface area contributed by atoms with Gasteiger partial charge in [-0.15, -0.1) is 11.3 Å². The van der Waals surface area contributed by atoms with Crippen LogP contribution >= 0.6 is 23.1 Å². The van der Waals surface area contributed by atoms with E-state index in [0.717, 1.165) is 24.4 Å². The van der Waals surface area contributed by atoms with Crippen molar-refractivity contribution in [3.8, 4) is 0 Å². The Balaban J connectivity index is 1.92. The van der Waals surface area contributed by atoms with Crippen LogP contribution in [-0.4, -0.2) is 15.5 Å². The molecule has 3 N–H and O–H groups in total. The Hall–Kier alpha value is -0.820. The second-order valence-corrected chi connectivity index (χ2v) is 7.25. The summed E-state index contributed by atoms with van der Waals surface area (Å²) in [7, 11) is 0. The first-order valence-electron chi connectivity index (χ1n) is 7.00. The number of hydrogen-bond acceptors (Lipinski definition) is 5. The Morgan fingerprint density at radius 2 is 2.45 bits per heavy atom. The molecule has 0 saturated carbocycles. The van der Waals surface area contributed by atoms with Gasteiger partial charge >= 0.3 is 0 Å². The third kappa shape index (κ3) is 2.65. The topological polar surface area (TPSA) is 55.9 Å². The fourth-order valence-corrected chi connectivity index (χ4v) is 5.06. The first-order valence-corrected chi connectivity index (χ1v) is 8.97. The zero-order chi connectivity index (χ0) is 13.9. The Morgan fingerprint density at radius 1 is 1.55 bits per heavy atom. The lowest BCUT2D eigenvalue weighted by molar-refractivity contribution is 0.524. The zero-order valence-corrected chi connectivity index (χ0v) is 13.3. The van der Waals surface area contributed by atoms with E-state index >= 15 is 0 Å². The summed E-state index contributed by atoms with van der Waals surface area (Å²) in [6, 6.07) is 4.43. The fourth-order valence-electron chi connectivity index (χ4n) is 2.61. The van der Waals surface area contributed by atoms with Crippen molar-refractivity contribution in [3.05, 3.63) is 39.3 Å². The molecule has 2 aromatic rings. The highest BCUT2D eigenvalue weighted by Crippen LogP contribution is 2.36. The number of hydrazine groups is 1. The van der Waals surface area contributed by atoms with Gasteiger partial charge < -0.3 is 0 Å². The number of thiophene rings is 1. The van der Waals surface area contributed by atoms with Crippen LogP contribution in [0.5, 0.6) is 0 Å². The van der Waals surface area contributed by atoms with Crippen molar-refractivity contribution in [2.75, 3.05) is 5.75 Å². The predicted octanol–water partition coefficient (Wildman–Crippen LogP) is 2.70. The van der Waals surface area contributed by atoms with Crippen LogP contribution in [0.15, 0.2) is 18.3 Å². The molecule has 0 spiro atoms. The molecule has 0 aliphatic carbocycles. The normalized spacial score (nSPS) is 16.1. The number of nitrogens with zero attached hydrogens (tertiary/aromatic N) is 2. The quantitative estimate of drug-likeness (QED) is 0.659. The molecular formula is C14H20N4S2. The standard InChI is InChI=1S/C14H20N4S2/c1-2-6-18-11(3-5-16-18)14(17-15)13-8-10-9-19-7-4-12(10)20-13/h3,5,8,14,17H,2,4,6-7,9,15H2,1H3. The van der Waals surface area contributed by atoms with E-state index in [1.807, 2.05) is 29.3 Å². The molecular weight excluding hydrogens is 288 g/mol. The van der Waals surface area contributed by atoms with Crippen LogP contribution in [0.25, 0.3) is 0 Å². The fraction of sp³-hybridized carbons (Fsp3) is 0.500.